The highest BCUT2D eigenvalue weighted by Gasteiger charge is 2.25. The molecule has 6 heteroatoms. The van der Waals surface area contributed by atoms with E-state index in [1.165, 1.54) is 0 Å². The Hall–Kier alpha value is -2.18. The van der Waals surface area contributed by atoms with Crippen LogP contribution in [0.3, 0.4) is 0 Å². The zero-order valence-electron chi connectivity index (χ0n) is 13.9. The minimum absolute atomic E-state index is 0.00371. The summed E-state index contributed by atoms with van der Waals surface area (Å²) in [6.45, 7) is 4.96. The summed E-state index contributed by atoms with van der Waals surface area (Å²) in [4.78, 5) is 18.2. The Morgan fingerprint density at radius 1 is 1.29 bits per heavy atom. The van der Waals surface area contributed by atoms with Crippen molar-refractivity contribution in [2.75, 3.05) is 19.8 Å². The maximum absolute atomic E-state index is 12.4. The lowest BCUT2D eigenvalue weighted by Gasteiger charge is -2.24. The van der Waals surface area contributed by atoms with Crippen LogP contribution in [0, 0.1) is 0 Å². The van der Waals surface area contributed by atoms with Crippen molar-refractivity contribution in [3.05, 3.63) is 54.1 Å². The maximum Gasteiger partial charge on any atom is 0.249 e. The summed E-state index contributed by atoms with van der Waals surface area (Å²) in [6.07, 6.45) is 5.49. The van der Waals surface area contributed by atoms with E-state index in [4.69, 9.17) is 9.47 Å². The summed E-state index contributed by atoms with van der Waals surface area (Å²) < 4.78 is 13.5. The van der Waals surface area contributed by atoms with Crippen molar-refractivity contribution in [2.45, 2.75) is 32.7 Å². The first-order chi connectivity index (χ1) is 11.8. The van der Waals surface area contributed by atoms with Crippen molar-refractivity contribution < 1.29 is 14.3 Å². The van der Waals surface area contributed by atoms with Crippen molar-refractivity contribution >= 4 is 5.91 Å². The molecule has 0 spiro atoms. The average Bonchev–Trinajstić information content (AvgIpc) is 2.96. The lowest BCUT2D eigenvalue weighted by molar-refractivity contribution is -0.138. The number of carbonyl (C=O) groups excluding carboxylic acids is 1. The molecule has 2 aromatic rings. The van der Waals surface area contributed by atoms with Gasteiger partial charge in [0.1, 0.15) is 6.61 Å². The van der Waals surface area contributed by atoms with Crippen LogP contribution in [0.15, 0.2) is 42.9 Å². The van der Waals surface area contributed by atoms with Gasteiger partial charge in [-0.05, 0) is 36.8 Å². The molecule has 1 amide bonds. The molecular weight excluding hydrogens is 306 g/mol. The van der Waals surface area contributed by atoms with Crippen LogP contribution in [0.2, 0.25) is 0 Å². The minimum Gasteiger partial charge on any atom is -0.372 e. The number of aromatic nitrogens is 2. The van der Waals surface area contributed by atoms with Crippen LogP contribution in [0.4, 0.5) is 0 Å². The summed E-state index contributed by atoms with van der Waals surface area (Å²) >= 11 is 0. The molecule has 6 nitrogen and oxygen atoms in total. The van der Waals surface area contributed by atoms with Gasteiger partial charge in [-0.1, -0.05) is 0 Å². The van der Waals surface area contributed by atoms with Crippen LogP contribution in [0.1, 0.15) is 18.2 Å². The summed E-state index contributed by atoms with van der Waals surface area (Å²) in [5.41, 5.74) is 2.20. The highest BCUT2D eigenvalue weighted by molar-refractivity contribution is 5.77. The predicted molar refractivity (Wildman–Crippen MR) is 89.2 cm³/mol. The fourth-order valence-corrected chi connectivity index (χ4v) is 2.82. The third-order valence-electron chi connectivity index (χ3n) is 4.12. The van der Waals surface area contributed by atoms with Gasteiger partial charge in [0, 0.05) is 37.4 Å². The van der Waals surface area contributed by atoms with E-state index in [9.17, 15) is 4.79 Å². The smallest absolute Gasteiger partial charge is 0.249 e. The zero-order valence-corrected chi connectivity index (χ0v) is 13.9. The normalized spacial score (nSPS) is 17.4. The monoisotopic (exact) mass is 329 g/mol. The van der Waals surface area contributed by atoms with Gasteiger partial charge in [0.15, 0.2) is 0 Å². The van der Waals surface area contributed by atoms with E-state index in [0.29, 0.717) is 26.3 Å². The second kappa shape index (κ2) is 8.08. The number of hydrogen-bond acceptors (Lipinski definition) is 4. The molecule has 0 aliphatic carbocycles. The van der Waals surface area contributed by atoms with Crippen molar-refractivity contribution in [3.8, 4) is 0 Å². The Balaban J connectivity index is 1.68. The van der Waals surface area contributed by atoms with Crippen molar-refractivity contribution in [3.63, 3.8) is 0 Å². The van der Waals surface area contributed by atoms with Gasteiger partial charge in [0.05, 0.1) is 25.8 Å². The SMILES string of the molecule is CCOCC(=O)N1Cc2cccn2C[C@@H](OCc2ccncc2)C1. The number of pyridine rings is 1. The van der Waals surface area contributed by atoms with Gasteiger partial charge in [-0.2, -0.15) is 0 Å². The molecule has 1 aliphatic heterocycles. The molecule has 0 bridgehead atoms. The van der Waals surface area contributed by atoms with E-state index in [-0.39, 0.29) is 18.6 Å². The third-order valence-corrected chi connectivity index (χ3v) is 4.12. The van der Waals surface area contributed by atoms with Gasteiger partial charge in [0.2, 0.25) is 5.91 Å². The van der Waals surface area contributed by atoms with E-state index in [1.807, 2.05) is 42.3 Å². The molecular formula is C18H23N3O3. The number of carbonyl (C=O) groups is 1. The number of hydrogen-bond donors (Lipinski definition) is 0. The minimum atomic E-state index is -0.0580. The van der Waals surface area contributed by atoms with Crippen molar-refractivity contribution in [1.82, 2.24) is 14.5 Å². The molecule has 0 saturated heterocycles. The fourth-order valence-electron chi connectivity index (χ4n) is 2.82. The predicted octanol–water partition coefficient (Wildman–Crippen LogP) is 1.85. The van der Waals surface area contributed by atoms with E-state index in [1.54, 1.807) is 12.4 Å². The average molecular weight is 329 g/mol. The van der Waals surface area contributed by atoms with Crippen LogP contribution in [-0.2, 0) is 34.0 Å². The molecule has 1 atom stereocenters. The van der Waals surface area contributed by atoms with Crippen LogP contribution in [0.5, 0.6) is 0 Å². The quantitative estimate of drug-likeness (QED) is 0.811. The Bertz CT molecular complexity index is 657. The second-order valence-electron chi connectivity index (χ2n) is 5.85. The molecule has 0 aromatic carbocycles. The summed E-state index contributed by atoms with van der Waals surface area (Å²) in [5, 5.41) is 0. The Morgan fingerprint density at radius 3 is 2.92 bits per heavy atom. The van der Waals surface area contributed by atoms with Crippen LogP contribution in [0.25, 0.3) is 0 Å². The number of amides is 1. The number of fused-ring (bicyclic) bond motifs is 1. The number of nitrogens with zero attached hydrogens (tertiary/aromatic N) is 3. The van der Waals surface area contributed by atoms with E-state index in [2.05, 4.69) is 9.55 Å². The molecule has 3 heterocycles. The highest BCUT2D eigenvalue weighted by atomic mass is 16.5. The van der Waals surface area contributed by atoms with Gasteiger partial charge in [-0.15, -0.1) is 0 Å². The molecule has 0 saturated carbocycles. The molecule has 24 heavy (non-hydrogen) atoms. The van der Waals surface area contributed by atoms with Crippen LogP contribution < -0.4 is 0 Å². The van der Waals surface area contributed by atoms with E-state index >= 15 is 0 Å². The standard InChI is InChI=1S/C18H23N3O3/c1-2-23-14-18(22)21-10-16-4-3-9-20(16)11-17(12-21)24-13-15-5-7-19-8-6-15/h3-9,17H,2,10-14H2,1H3/t17-/m1/s1. The van der Waals surface area contributed by atoms with Gasteiger partial charge in [-0.25, -0.2) is 0 Å². The van der Waals surface area contributed by atoms with Crippen LogP contribution >= 0.6 is 0 Å². The van der Waals surface area contributed by atoms with Gasteiger partial charge < -0.3 is 18.9 Å². The highest BCUT2D eigenvalue weighted by Crippen LogP contribution is 2.16. The molecule has 128 valence electrons. The van der Waals surface area contributed by atoms with Gasteiger partial charge in [0.25, 0.3) is 0 Å². The summed E-state index contributed by atoms with van der Waals surface area (Å²) in [7, 11) is 0. The first-order valence-corrected chi connectivity index (χ1v) is 8.26. The van der Waals surface area contributed by atoms with Gasteiger partial charge in [-0.3, -0.25) is 9.78 Å². The molecule has 1 aliphatic rings. The Morgan fingerprint density at radius 2 is 2.12 bits per heavy atom. The molecule has 2 aromatic heterocycles. The number of ether oxygens (including phenoxy) is 2. The van der Waals surface area contributed by atoms with Gasteiger partial charge >= 0.3 is 0 Å². The second-order valence-corrected chi connectivity index (χ2v) is 5.85. The lowest BCUT2D eigenvalue weighted by atomic mass is 10.2. The Kier molecular flexibility index (Phi) is 5.61. The van der Waals surface area contributed by atoms with Crippen molar-refractivity contribution in [2.24, 2.45) is 0 Å². The molecule has 0 fully saturated rings. The van der Waals surface area contributed by atoms with Crippen LogP contribution in [-0.4, -0.2) is 46.2 Å². The topological polar surface area (TPSA) is 56.6 Å². The Labute approximate surface area is 142 Å². The van der Waals surface area contributed by atoms with Crippen molar-refractivity contribution in [1.29, 1.82) is 0 Å². The fraction of sp³-hybridized carbons (Fsp3) is 0.444. The largest absolute Gasteiger partial charge is 0.372 e. The molecule has 3 rings (SSSR count). The number of rotatable bonds is 6. The van der Waals surface area contributed by atoms with E-state index in [0.717, 1.165) is 17.8 Å². The summed E-state index contributed by atoms with van der Waals surface area (Å²) in [5.74, 6) is 0.00371. The first kappa shape index (κ1) is 16.7. The molecule has 0 radical (unpaired) electrons. The zero-order chi connectivity index (χ0) is 16.8. The molecule has 0 N–H and O–H groups in total. The summed E-state index contributed by atoms with van der Waals surface area (Å²) in [6, 6.07) is 7.93. The maximum atomic E-state index is 12.4. The molecule has 0 unspecified atom stereocenters. The van der Waals surface area contributed by atoms with E-state index < -0.39 is 0 Å². The lowest BCUT2D eigenvalue weighted by Crippen LogP contribution is -2.39. The third kappa shape index (κ3) is 4.21. The first-order valence-electron chi connectivity index (χ1n) is 8.26.